The van der Waals surface area contributed by atoms with E-state index in [9.17, 15) is 4.79 Å². The summed E-state index contributed by atoms with van der Waals surface area (Å²) in [5, 5.41) is 6.54. The van der Waals surface area contributed by atoms with E-state index in [1.165, 1.54) is 0 Å². The SMILES string of the molecule is CCN(CC)CCCNC(=O)Cc1csc(-c2ccc(Cl)cc2)n1. The lowest BCUT2D eigenvalue weighted by molar-refractivity contribution is -0.120. The fraction of sp³-hybridized carbons (Fsp3) is 0.444. The van der Waals surface area contributed by atoms with Crippen LogP contribution in [-0.2, 0) is 11.2 Å². The predicted molar refractivity (Wildman–Crippen MR) is 102 cm³/mol. The summed E-state index contributed by atoms with van der Waals surface area (Å²) in [6.07, 6.45) is 1.30. The van der Waals surface area contributed by atoms with Crippen molar-refractivity contribution in [2.24, 2.45) is 0 Å². The van der Waals surface area contributed by atoms with Gasteiger partial charge >= 0.3 is 0 Å². The quantitative estimate of drug-likeness (QED) is 0.686. The van der Waals surface area contributed by atoms with E-state index in [1.807, 2.05) is 29.6 Å². The molecule has 2 rings (SSSR count). The Labute approximate surface area is 152 Å². The maximum Gasteiger partial charge on any atom is 0.226 e. The van der Waals surface area contributed by atoms with Crippen LogP contribution in [0.1, 0.15) is 26.0 Å². The summed E-state index contributed by atoms with van der Waals surface area (Å²) in [4.78, 5) is 18.9. The van der Waals surface area contributed by atoms with E-state index in [1.54, 1.807) is 11.3 Å². The van der Waals surface area contributed by atoms with Crippen LogP contribution in [-0.4, -0.2) is 42.0 Å². The van der Waals surface area contributed by atoms with Crippen molar-refractivity contribution in [3.05, 3.63) is 40.4 Å². The summed E-state index contributed by atoms with van der Waals surface area (Å²) < 4.78 is 0. The number of aromatic nitrogens is 1. The second-order valence-corrected chi connectivity index (χ2v) is 6.85. The summed E-state index contributed by atoms with van der Waals surface area (Å²) in [6.45, 7) is 8.15. The Balaban J connectivity index is 1.77. The molecule has 0 saturated heterocycles. The minimum absolute atomic E-state index is 0.0301. The van der Waals surface area contributed by atoms with Crippen LogP contribution in [0.25, 0.3) is 10.6 Å². The molecule has 0 radical (unpaired) electrons. The number of halogens is 1. The van der Waals surface area contributed by atoms with Crippen LogP contribution < -0.4 is 5.32 Å². The van der Waals surface area contributed by atoms with Gasteiger partial charge in [-0.2, -0.15) is 0 Å². The Bertz CT molecular complexity index is 638. The van der Waals surface area contributed by atoms with Gasteiger partial charge in [0.15, 0.2) is 0 Å². The van der Waals surface area contributed by atoms with Gasteiger partial charge in [-0.3, -0.25) is 4.79 Å². The molecule has 0 atom stereocenters. The maximum atomic E-state index is 12.0. The standard InChI is InChI=1S/C18H24ClN3OS/c1-3-22(4-2)11-5-10-20-17(23)12-16-13-24-18(21-16)14-6-8-15(19)9-7-14/h6-9,13H,3-5,10-12H2,1-2H3,(H,20,23). The number of thiazole rings is 1. The lowest BCUT2D eigenvalue weighted by atomic mass is 10.2. The van der Waals surface area contributed by atoms with Gasteiger partial charge in [-0.05, 0) is 38.2 Å². The lowest BCUT2D eigenvalue weighted by Crippen LogP contribution is -2.30. The molecule has 0 saturated carbocycles. The third-order valence-corrected chi connectivity index (χ3v) is 5.04. The largest absolute Gasteiger partial charge is 0.356 e. The van der Waals surface area contributed by atoms with Gasteiger partial charge in [0.05, 0.1) is 12.1 Å². The normalized spacial score (nSPS) is 11.0. The van der Waals surface area contributed by atoms with E-state index in [4.69, 9.17) is 11.6 Å². The molecule has 0 aliphatic heterocycles. The van der Waals surface area contributed by atoms with Crippen molar-refractivity contribution in [1.82, 2.24) is 15.2 Å². The molecule has 24 heavy (non-hydrogen) atoms. The van der Waals surface area contributed by atoms with E-state index < -0.39 is 0 Å². The Morgan fingerprint density at radius 3 is 2.62 bits per heavy atom. The number of amides is 1. The lowest BCUT2D eigenvalue weighted by Gasteiger charge is -2.17. The molecule has 0 bridgehead atoms. The van der Waals surface area contributed by atoms with Crippen molar-refractivity contribution in [2.45, 2.75) is 26.7 Å². The van der Waals surface area contributed by atoms with Crippen LogP contribution in [0.5, 0.6) is 0 Å². The third kappa shape index (κ3) is 5.89. The number of benzene rings is 1. The zero-order chi connectivity index (χ0) is 17.4. The van der Waals surface area contributed by atoms with Crippen molar-refractivity contribution in [2.75, 3.05) is 26.2 Å². The molecule has 2 aromatic rings. The smallest absolute Gasteiger partial charge is 0.226 e. The Morgan fingerprint density at radius 2 is 1.96 bits per heavy atom. The van der Waals surface area contributed by atoms with Crippen molar-refractivity contribution in [3.8, 4) is 10.6 Å². The Kier molecular flexibility index (Phi) is 7.69. The van der Waals surface area contributed by atoms with Crippen molar-refractivity contribution in [1.29, 1.82) is 0 Å². The number of rotatable bonds is 9. The van der Waals surface area contributed by atoms with Crippen molar-refractivity contribution in [3.63, 3.8) is 0 Å². The van der Waals surface area contributed by atoms with Crippen molar-refractivity contribution >= 4 is 28.8 Å². The van der Waals surface area contributed by atoms with Crippen LogP contribution in [0.2, 0.25) is 5.02 Å². The van der Waals surface area contributed by atoms with Crippen LogP contribution in [0.4, 0.5) is 0 Å². The third-order valence-electron chi connectivity index (χ3n) is 3.85. The highest BCUT2D eigenvalue weighted by molar-refractivity contribution is 7.13. The highest BCUT2D eigenvalue weighted by Gasteiger charge is 2.09. The molecule has 0 fully saturated rings. The monoisotopic (exact) mass is 365 g/mol. The fourth-order valence-corrected chi connectivity index (χ4v) is 3.36. The summed E-state index contributed by atoms with van der Waals surface area (Å²) >= 11 is 7.45. The molecule has 4 nitrogen and oxygen atoms in total. The van der Waals surface area contributed by atoms with Gasteiger partial charge in [0.2, 0.25) is 5.91 Å². The average Bonchev–Trinajstić information content (AvgIpc) is 3.04. The van der Waals surface area contributed by atoms with Gasteiger partial charge in [0.1, 0.15) is 5.01 Å². The first-order valence-electron chi connectivity index (χ1n) is 8.31. The highest BCUT2D eigenvalue weighted by Crippen LogP contribution is 2.25. The molecule has 0 spiro atoms. The number of nitrogens with zero attached hydrogens (tertiary/aromatic N) is 2. The van der Waals surface area contributed by atoms with Gasteiger partial charge in [0.25, 0.3) is 0 Å². The number of hydrogen-bond acceptors (Lipinski definition) is 4. The second-order valence-electron chi connectivity index (χ2n) is 5.56. The van der Waals surface area contributed by atoms with Gasteiger partial charge in [-0.1, -0.05) is 37.6 Å². The highest BCUT2D eigenvalue weighted by atomic mass is 35.5. The van der Waals surface area contributed by atoms with E-state index >= 15 is 0 Å². The topological polar surface area (TPSA) is 45.2 Å². The summed E-state index contributed by atoms with van der Waals surface area (Å²) in [6, 6.07) is 7.58. The fourth-order valence-electron chi connectivity index (χ4n) is 2.41. The zero-order valence-electron chi connectivity index (χ0n) is 14.2. The van der Waals surface area contributed by atoms with Crippen LogP contribution in [0, 0.1) is 0 Å². The van der Waals surface area contributed by atoms with E-state index in [0.29, 0.717) is 18.0 Å². The molecule has 130 valence electrons. The molecule has 1 aromatic carbocycles. The molecule has 1 aromatic heterocycles. The van der Waals surface area contributed by atoms with E-state index in [-0.39, 0.29) is 5.91 Å². The summed E-state index contributed by atoms with van der Waals surface area (Å²) in [5.74, 6) is 0.0301. The maximum absolute atomic E-state index is 12.0. The number of hydrogen-bond donors (Lipinski definition) is 1. The summed E-state index contributed by atoms with van der Waals surface area (Å²) in [7, 11) is 0. The first kappa shape index (κ1) is 18.9. The predicted octanol–water partition coefficient (Wildman–Crippen LogP) is 3.85. The van der Waals surface area contributed by atoms with Gasteiger partial charge in [-0.25, -0.2) is 4.98 Å². The molecule has 0 aliphatic rings. The first-order chi connectivity index (χ1) is 11.6. The summed E-state index contributed by atoms with van der Waals surface area (Å²) in [5.41, 5.74) is 1.83. The first-order valence-corrected chi connectivity index (χ1v) is 9.57. The zero-order valence-corrected chi connectivity index (χ0v) is 15.8. The number of carbonyl (C=O) groups excluding carboxylic acids is 1. The molecule has 6 heteroatoms. The Morgan fingerprint density at radius 1 is 1.25 bits per heavy atom. The van der Waals surface area contributed by atoms with Crippen molar-refractivity contribution < 1.29 is 4.79 Å². The molecule has 0 unspecified atom stereocenters. The second kappa shape index (κ2) is 9.77. The van der Waals surface area contributed by atoms with Gasteiger partial charge in [0, 0.05) is 22.5 Å². The molecule has 1 heterocycles. The van der Waals surface area contributed by atoms with Gasteiger partial charge in [-0.15, -0.1) is 11.3 Å². The van der Waals surface area contributed by atoms with Crippen LogP contribution >= 0.6 is 22.9 Å². The van der Waals surface area contributed by atoms with E-state index in [2.05, 4.69) is 29.0 Å². The molecular formula is C18H24ClN3OS. The molecule has 1 amide bonds. The molecular weight excluding hydrogens is 342 g/mol. The molecule has 1 N–H and O–H groups in total. The Hall–Kier alpha value is -1.43. The van der Waals surface area contributed by atoms with Crippen LogP contribution in [0.3, 0.4) is 0 Å². The van der Waals surface area contributed by atoms with Gasteiger partial charge < -0.3 is 10.2 Å². The average molecular weight is 366 g/mol. The minimum atomic E-state index is 0.0301. The molecule has 0 aliphatic carbocycles. The van der Waals surface area contributed by atoms with Crippen LogP contribution in [0.15, 0.2) is 29.6 Å². The number of nitrogens with one attached hydrogen (secondary N) is 1. The number of carbonyl (C=O) groups is 1. The minimum Gasteiger partial charge on any atom is -0.356 e. The van der Waals surface area contributed by atoms with E-state index in [0.717, 1.165) is 42.3 Å².